The summed E-state index contributed by atoms with van der Waals surface area (Å²) in [5.41, 5.74) is 2.40. The number of rotatable bonds is 6. The highest BCUT2D eigenvalue weighted by atomic mass is 16.5. The van der Waals surface area contributed by atoms with E-state index in [2.05, 4.69) is 37.4 Å². The number of aryl methyl sites for hydroxylation is 1. The first-order valence-electron chi connectivity index (χ1n) is 7.05. The van der Waals surface area contributed by atoms with E-state index >= 15 is 0 Å². The molecule has 0 radical (unpaired) electrons. The number of ether oxygens (including phenoxy) is 1. The third kappa shape index (κ3) is 3.64. The highest BCUT2D eigenvalue weighted by Crippen LogP contribution is 2.22. The normalized spacial score (nSPS) is 11.1. The van der Waals surface area contributed by atoms with Crippen molar-refractivity contribution in [2.45, 2.75) is 39.8 Å². The molecule has 0 bridgehead atoms. The van der Waals surface area contributed by atoms with Gasteiger partial charge in [0.15, 0.2) is 0 Å². The van der Waals surface area contributed by atoms with Gasteiger partial charge in [-0.15, -0.1) is 0 Å². The van der Waals surface area contributed by atoms with Gasteiger partial charge in [-0.3, -0.25) is 0 Å². The molecule has 0 fully saturated rings. The lowest BCUT2D eigenvalue weighted by Gasteiger charge is -2.09. The summed E-state index contributed by atoms with van der Waals surface area (Å²) in [6.07, 6.45) is 0. The van der Waals surface area contributed by atoms with Crippen LogP contribution in [0.15, 0.2) is 34.7 Å². The Balaban J connectivity index is 2.03. The molecule has 1 N–H and O–H groups in total. The molecule has 2 aromatic rings. The third-order valence-electron chi connectivity index (χ3n) is 3.34. The summed E-state index contributed by atoms with van der Waals surface area (Å²) in [7, 11) is 1.91. The van der Waals surface area contributed by atoms with Gasteiger partial charge in [-0.1, -0.05) is 26.0 Å². The lowest BCUT2D eigenvalue weighted by molar-refractivity contribution is 0.302. The summed E-state index contributed by atoms with van der Waals surface area (Å²) in [6, 6.07) is 10.3. The van der Waals surface area contributed by atoms with Crippen molar-refractivity contribution in [2.24, 2.45) is 0 Å². The molecule has 108 valence electrons. The fourth-order valence-corrected chi connectivity index (χ4v) is 2.12. The number of nitrogens with one attached hydrogen (secondary N) is 1. The van der Waals surface area contributed by atoms with Crippen LogP contribution in [0.5, 0.6) is 5.75 Å². The fraction of sp³-hybridized carbons (Fsp3) is 0.412. The molecule has 0 aliphatic heterocycles. The zero-order valence-corrected chi connectivity index (χ0v) is 12.7. The highest BCUT2D eigenvalue weighted by Gasteiger charge is 2.08. The standard InChI is InChI=1S/C17H23NO2/c1-12(2)14-6-5-7-16(8-14)19-11-15-9-17(10-18-4)20-13(15)3/h5-9,12,18H,10-11H2,1-4H3. The van der Waals surface area contributed by atoms with E-state index in [0.29, 0.717) is 12.5 Å². The molecule has 0 spiro atoms. The quantitative estimate of drug-likeness (QED) is 0.863. The van der Waals surface area contributed by atoms with E-state index < -0.39 is 0 Å². The molecule has 1 aromatic carbocycles. The Bertz CT molecular complexity index is 558. The van der Waals surface area contributed by atoms with Crippen molar-refractivity contribution in [3.63, 3.8) is 0 Å². The van der Waals surface area contributed by atoms with Crippen LogP contribution in [-0.4, -0.2) is 7.05 Å². The Labute approximate surface area is 121 Å². The molecule has 0 aliphatic carbocycles. The molecule has 3 heteroatoms. The van der Waals surface area contributed by atoms with Crippen molar-refractivity contribution in [3.8, 4) is 5.75 Å². The van der Waals surface area contributed by atoms with Gasteiger partial charge in [0, 0.05) is 5.56 Å². The number of benzene rings is 1. The molecule has 20 heavy (non-hydrogen) atoms. The summed E-state index contributed by atoms with van der Waals surface area (Å²) < 4.78 is 11.5. The van der Waals surface area contributed by atoms with E-state index in [1.54, 1.807) is 0 Å². The van der Waals surface area contributed by atoms with E-state index in [-0.39, 0.29) is 0 Å². The van der Waals surface area contributed by atoms with E-state index in [1.807, 2.05) is 26.1 Å². The van der Waals surface area contributed by atoms with Gasteiger partial charge in [0.1, 0.15) is 23.9 Å². The van der Waals surface area contributed by atoms with Gasteiger partial charge in [0.05, 0.1) is 6.54 Å². The van der Waals surface area contributed by atoms with Crippen molar-refractivity contribution in [2.75, 3.05) is 7.05 Å². The maximum absolute atomic E-state index is 5.87. The zero-order chi connectivity index (χ0) is 14.5. The smallest absolute Gasteiger partial charge is 0.120 e. The Morgan fingerprint density at radius 2 is 2.05 bits per heavy atom. The van der Waals surface area contributed by atoms with Crippen LogP contribution in [0.2, 0.25) is 0 Å². The summed E-state index contributed by atoms with van der Waals surface area (Å²) in [6.45, 7) is 7.62. The van der Waals surface area contributed by atoms with Crippen LogP contribution in [0.3, 0.4) is 0 Å². The predicted molar refractivity (Wildman–Crippen MR) is 81.1 cm³/mol. The van der Waals surface area contributed by atoms with E-state index in [1.165, 1.54) is 5.56 Å². The number of hydrogen-bond donors (Lipinski definition) is 1. The van der Waals surface area contributed by atoms with Crippen LogP contribution in [-0.2, 0) is 13.2 Å². The van der Waals surface area contributed by atoms with Gasteiger partial charge < -0.3 is 14.5 Å². The monoisotopic (exact) mass is 273 g/mol. The highest BCUT2D eigenvalue weighted by molar-refractivity contribution is 5.31. The largest absolute Gasteiger partial charge is 0.489 e. The second kappa shape index (κ2) is 6.62. The van der Waals surface area contributed by atoms with E-state index in [4.69, 9.17) is 9.15 Å². The van der Waals surface area contributed by atoms with Crippen molar-refractivity contribution in [1.82, 2.24) is 5.32 Å². The lowest BCUT2D eigenvalue weighted by atomic mass is 10.0. The van der Waals surface area contributed by atoms with Gasteiger partial charge in [0.25, 0.3) is 0 Å². The zero-order valence-electron chi connectivity index (χ0n) is 12.7. The van der Waals surface area contributed by atoms with Crippen LogP contribution >= 0.6 is 0 Å². The first-order valence-corrected chi connectivity index (χ1v) is 7.05. The Hall–Kier alpha value is -1.74. The Morgan fingerprint density at radius 1 is 1.25 bits per heavy atom. The molecule has 2 rings (SSSR count). The summed E-state index contributed by atoms with van der Waals surface area (Å²) >= 11 is 0. The van der Waals surface area contributed by atoms with Gasteiger partial charge in [-0.2, -0.15) is 0 Å². The molecule has 0 amide bonds. The minimum Gasteiger partial charge on any atom is -0.489 e. The first-order chi connectivity index (χ1) is 9.60. The fourth-order valence-electron chi connectivity index (χ4n) is 2.12. The van der Waals surface area contributed by atoms with Gasteiger partial charge in [-0.25, -0.2) is 0 Å². The molecule has 1 heterocycles. The predicted octanol–water partition coefficient (Wildman–Crippen LogP) is 4.01. The van der Waals surface area contributed by atoms with Crippen molar-refractivity contribution >= 4 is 0 Å². The van der Waals surface area contributed by atoms with Crippen molar-refractivity contribution in [1.29, 1.82) is 0 Å². The van der Waals surface area contributed by atoms with E-state index in [9.17, 15) is 0 Å². The van der Waals surface area contributed by atoms with Gasteiger partial charge in [0.2, 0.25) is 0 Å². The lowest BCUT2D eigenvalue weighted by Crippen LogP contribution is -2.03. The second-order valence-electron chi connectivity index (χ2n) is 5.34. The molecular formula is C17H23NO2. The second-order valence-corrected chi connectivity index (χ2v) is 5.34. The van der Waals surface area contributed by atoms with E-state index in [0.717, 1.165) is 29.4 Å². The Morgan fingerprint density at radius 3 is 2.75 bits per heavy atom. The minimum absolute atomic E-state index is 0.511. The summed E-state index contributed by atoms with van der Waals surface area (Å²) in [4.78, 5) is 0. The van der Waals surface area contributed by atoms with Crippen molar-refractivity contribution in [3.05, 3.63) is 53.0 Å². The van der Waals surface area contributed by atoms with Crippen molar-refractivity contribution < 1.29 is 9.15 Å². The number of hydrogen-bond acceptors (Lipinski definition) is 3. The minimum atomic E-state index is 0.511. The topological polar surface area (TPSA) is 34.4 Å². The van der Waals surface area contributed by atoms with Crippen LogP contribution in [0.1, 0.15) is 42.4 Å². The molecule has 0 atom stereocenters. The maximum atomic E-state index is 5.87. The number of furan rings is 1. The molecule has 1 aromatic heterocycles. The van der Waals surface area contributed by atoms with Crippen LogP contribution in [0.25, 0.3) is 0 Å². The average molecular weight is 273 g/mol. The molecule has 0 saturated heterocycles. The van der Waals surface area contributed by atoms with Crippen LogP contribution in [0.4, 0.5) is 0 Å². The van der Waals surface area contributed by atoms with Crippen LogP contribution in [0, 0.1) is 6.92 Å². The summed E-state index contributed by atoms with van der Waals surface area (Å²) in [5.74, 6) is 3.29. The molecule has 3 nitrogen and oxygen atoms in total. The SMILES string of the molecule is CNCc1cc(COc2cccc(C(C)C)c2)c(C)o1. The average Bonchev–Trinajstić information content (AvgIpc) is 2.77. The molecule has 0 aliphatic rings. The first kappa shape index (κ1) is 14.7. The molecular weight excluding hydrogens is 250 g/mol. The van der Waals surface area contributed by atoms with Gasteiger partial charge in [-0.05, 0) is 43.7 Å². The Kier molecular flexibility index (Phi) is 4.85. The third-order valence-corrected chi connectivity index (χ3v) is 3.34. The molecule has 0 saturated carbocycles. The van der Waals surface area contributed by atoms with Crippen LogP contribution < -0.4 is 10.1 Å². The maximum Gasteiger partial charge on any atom is 0.120 e. The molecule has 0 unspecified atom stereocenters. The van der Waals surface area contributed by atoms with Gasteiger partial charge >= 0.3 is 0 Å². The summed E-state index contributed by atoms with van der Waals surface area (Å²) in [5, 5.41) is 3.08.